The van der Waals surface area contributed by atoms with E-state index in [1.807, 2.05) is 38.2 Å². The Hall–Kier alpha value is -2.37. The van der Waals surface area contributed by atoms with Crippen molar-refractivity contribution in [2.45, 2.75) is 51.1 Å². The molecule has 1 heterocycles. The Balaban J connectivity index is 1.62. The predicted octanol–water partition coefficient (Wildman–Crippen LogP) is 3.30. The van der Waals surface area contributed by atoms with Crippen LogP contribution in [0.2, 0.25) is 0 Å². The summed E-state index contributed by atoms with van der Waals surface area (Å²) < 4.78 is 1.72. The lowest BCUT2D eigenvalue weighted by Crippen LogP contribution is -2.44. The van der Waals surface area contributed by atoms with Crippen LogP contribution in [0, 0.1) is 0 Å². The minimum atomic E-state index is 0.00903. The van der Waals surface area contributed by atoms with Crippen molar-refractivity contribution < 1.29 is 4.79 Å². The number of aromatic nitrogens is 3. The van der Waals surface area contributed by atoms with Crippen LogP contribution in [0.3, 0.4) is 0 Å². The molecule has 1 saturated carbocycles. The van der Waals surface area contributed by atoms with E-state index in [0.29, 0.717) is 6.04 Å². The minimum Gasteiger partial charge on any atom is -0.335 e. The van der Waals surface area contributed by atoms with Gasteiger partial charge in [-0.05, 0) is 37.5 Å². The van der Waals surface area contributed by atoms with Gasteiger partial charge in [-0.25, -0.2) is 14.5 Å². The molecular weight excluding hydrogens is 302 g/mol. The van der Waals surface area contributed by atoms with E-state index in [1.54, 1.807) is 15.9 Å². The zero-order valence-electron chi connectivity index (χ0n) is 14.4. The van der Waals surface area contributed by atoms with Crippen molar-refractivity contribution in [1.82, 2.24) is 25.0 Å². The average Bonchev–Trinajstić information content (AvgIpc) is 3.16. The highest BCUT2D eigenvalue weighted by atomic mass is 16.2. The summed E-state index contributed by atoms with van der Waals surface area (Å²) in [5, 5.41) is 7.29. The second-order valence-electron chi connectivity index (χ2n) is 6.50. The largest absolute Gasteiger partial charge is 0.335 e. The molecule has 0 radical (unpaired) electrons. The van der Waals surface area contributed by atoms with Crippen LogP contribution in [-0.2, 0) is 0 Å². The molecule has 0 aliphatic heterocycles. The monoisotopic (exact) mass is 327 g/mol. The van der Waals surface area contributed by atoms with Gasteiger partial charge in [0.2, 0.25) is 0 Å². The fourth-order valence-electron chi connectivity index (χ4n) is 3.17. The first-order valence-corrected chi connectivity index (χ1v) is 8.63. The Morgan fingerprint density at radius 3 is 2.58 bits per heavy atom. The first-order chi connectivity index (χ1) is 11.6. The fourth-order valence-corrected chi connectivity index (χ4v) is 3.17. The zero-order valence-corrected chi connectivity index (χ0v) is 14.4. The van der Waals surface area contributed by atoms with Gasteiger partial charge in [-0.15, -0.1) is 0 Å². The Labute approximate surface area is 142 Å². The number of rotatable bonds is 4. The summed E-state index contributed by atoms with van der Waals surface area (Å²) in [6, 6.07) is 8.41. The molecule has 2 amide bonds. The molecule has 6 nitrogen and oxygen atoms in total. The van der Waals surface area contributed by atoms with E-state index in [9.17, 15) is 4.79 Å². The molecule has 3 rings (SSSR count). The van der Waals surface area contributed by atoms with Gasteiger partial charge in [0.15, 0.2) is 0 Å². The summed E-state index contributed by atoms with van der Waals surface area (Å²) in [5.74, 6) is 0. The van der Waals surface area contributed by atoms with E-state index in [2.05, 4.69) is 15.4 Å². The Morgan fingerprint density at radius 1 is 1.25 bits per heavy atom. The predicted molar refractivity (Wildman–Crippen MR) is 92.9 cm³/mol. The third kappa shape index (κ3) is 3.75. The average molecular weight is 327 g/mol. The molecule has 2 aromatic rings. The topological polar surface area (TPSA) is 63.1 Å². The molecule has 1 N–H and O–H groups in total. The SMILES string of the molecule is CC(c1ccc(-n2cncn2)cc1)N(C)C(=O)NC1CCCCC1. The van der Waals surface area contributed by atoms with E-state index >= 15 is 0 Å². The lowest BCUT2D eigenvalue weighted by molar-refractivity contribution is 0.186. The van der Waals surface area contributed by atoms with E-state index in [0.717, 1.165) is 24.1 Å². The highest BCUT2D eigenvalue weighted by molar-refractivity contribution is 5.74. The van der Waals surface area contributed by atoms with Gasteiger partial charge in [-0.2, -0.15) is 5.10 Å². The zero-order chi connectivity index (χ0) is 16.9. The highest BCUT2D eigenvalue weighted by Gasteiger charge is 2.21. The van der Waals surface area contributed by atoms with E-state index in [-0.39, 0.29) is 12.1 Å². The van der Waals surface area contributed by atoms with Crippen LogP contribution in [0.1, 0.15) is 50.6 Å². The van der Waals surface area contributed by atoms with E-state index < -0.39 is 0 Å². The molecule has 128 valence electrons. The summed E-state index contributed by atoms with van der Waals surface area (Å²) in [6.07, 6.45) is 9.10. The van der Waals surface area contributed by atoms with Crippen molar-refractivity contribution in [2.24, 2.45) is 0 Å². The molecule has 0 spiro atoms. The van der Waals surface area contributed by atoms with Gasteiger partial charge in [-0.1, -0.05) is 31.4 Å². The minimum absolute atomic E-state index is 0.00903. The van der Waals surface area contributed by atoms with Crippen molar-refractivity contribution in [3.63, 3.8) is 0 Å². The van der Waals surface area contributed by atoms with Crippen molar-refractivity contribution in [2.75, 3.05) is 7.05 Å². The van der Waals surface area contributed by atoms with Crippen LogP contribution < -0.4 is 5.32 Å². The lowest BCUT2D eigenvalue weighted by Gasteiger charge is -2.30. The van der Waals surface area contributed by atoms with Crippen LogP contribution in [0.15, 0.2) is 36.9 Å². The molecule has 0 bridgehead atoms. The molecule has 1 aliphatic carbocycles. The number of urea groups is 1. The van der Waals surface area contributed by atoms with Gasteiger partial charge in [0.25, 0.3) is 0 Å². The summed E-state index contributed by atoms with van der Waals surface area (Å²) in [5.41, 5.74) is 2.05. The van der Waals surface area contributed by atoms with Crippen molar-refractivity contribution in [1.29, 1.82) is 0 Å². The first-order valence-electron chi connectivity index (χ1n) is 8.63. The number of nitrogens with one attached hydrogen (secondary N) is 1. The van der Waals surface area contributed by atoms with Gasteiger partial charge in [0, 0.05) is 13.1 Å². The van der Waals surface area contributed by atoms with Gasteiger partial charge < -0.3 is 10.2 Å². The second-order valence-corrected chi connectivity index (χ2v) is 6.50. The third-order valence-electron chi connectivity index (χ3n) is 4.89. The van der Waals surface area contributed by atoms with Crippen molar-refractivity contribution in [3.8, 4) is 5.69 Å². The Kier molecular flexibility index (Phi) is 5.13. The van der Waals surface area contributed by atoms with Crippen molar-refractivity contribution >= 4 is 6.03 Å². The molecule has 0 saturated heterocycles. The number of benzene rings is 1. The normalized spacial score (nSPS) is 16.6. The lowest BCUT2D eigenvalue weighted by atomic mass is 9.96. The molecular formula is C18H25N5O. The molecule has 1 aliphatic rings. The maximum absolute atomic E-state index is 12.5. The van der Waals surface area contributed by atoms with Crippen LogP contribution in [-0.4, -0.2) is 38.8 Å². The fraction of sp³-hybridized carbons (Fsp3) is 0.500. The Bertz CT molecular complexity index is 647. The van der Waals surface area contributed by atoms with Gasteiger partial charge in [0.1, 0.15) is 12.7 Å². The third-order valence-corrected chi connectivity index (χ3v) is 4.89. The summed E-state index contributed by atoms with van der Waals surface area (Å²) in [7, 11) is 1.86. The smallest absolute Gasteiger partial charge is 0.317 e. The summed E-state index contributed by atoms with van der Waals surface area (Å²) in [4.78, 5) is 18.2. The molecule has 1 aromatic heterocycles. The molecule has 6 heteroatoms. The first kappa shape index (κ1) is 16.5. The van der Waals surface area contributed by atoms with Crippen molar-refractivity contribution in [3.05, 3.63) is 42.5 Å². The number of hydrogen-bond acceptors (Lipinski definition) is 3. The van der Waals surface area contributed by atoms with Gasteiger partial charge in [0.05, 0.1) is 11.7 Å². The Morgan fingerprint density at radius 2 is 1.96 bits per heavy atom. The number of carbonyl (C=O) groups excluding carboxylic acids is 1. The van der Waals surface area contributed by atoms with E-state index in [4.69, 9.17) is 0 Å². The molecule has 1 atom stereocenters. The number of nitrogens with zero attached hydrogens (tertiary/aromatic N) is 4. The van der Waals surface area contributed by atoms with Crippen LogP contribution in [0.4, 0.5) is 4.79 Å². The maximum atomic E-state index is 12.5. The maximum Gasteiger partial charge on any atom is 0.317 e. The molecule has 24 heavy (non-hydrogen) atoms. The summed E-state index contributed by atoms with van der Waals surface area (Å²) in [6.45, 7) is 2.05. The number of amides is 2. The van der Waals surface area contributed by atoms with Crippen LogP contribution >= 0.6 is 0 Å². The molecule has 1 fully saturated rings. The highest BCUT2D eigenvalue weighted by Crippen LogP contribution is 2.22. The standard InChI is InChI=1S/C18H25N5O/c1-14(22(2)18(24)21-16-6-4-3-5-7-16)15-8-10-17(11-9-15)23-13-19-12-20-23/h8-14,16H,3-7H2,1-2H3,(H,21,24). The van der Waals surface area contributed by atoms with Crippen LogP contribution in [0.5, 0.6) is 0 Å². The van der Waals surface area contributed by atoms with E-state index in [1.165, 1.54) is 25.6 Å². The summed E-state index contributed by atoms with van der Waals surface area (Å²) >= 11 is 0. The van der Waals surface area contributed by atoms with Crippen LogP contribution in [0.25, 0.3) is 5.69 Å². The molecule has 1 aromatic carbocycles. The second kappa shape index (κ2) is 7.47. The van der Waals surface area contributed by atoms with Gasteiger partial charge in [-0.3, -0.25) is 0 Å². The quantitative estimate of drug-likeness (QED) is 0.937. The molecule has 1 unspecified atom stereocenters. The number of carbonyl (C=O) groups is 1. The number of hydrogen-bond donors (Lipinski definition) is 1. The van der Waals surface area contributed by atoms with Gasteiger partial charge >= 0.3 is 6.03 Å².